The lowest BCUT2D eigenvalue weighted by Crippen LogP contribution is -2.31. The summed E-state index contributed by atoms with van der Waals surface area (Å²) in [5.41, 5.74) is 1.32. The molecule has 2 aromatic rings. The summed E-state index contributed by atoms with van der Waals surface area (Å²) in [5.74, 6) is 0.184. The average molecular weight is 359 g/mol. The molecule has 7 nitrogen and oxygen atoms in total. The molecule has 1 unspecified atom stereocenters. The summed E-state index contributed by atoms with van der Waals surface area (Å²) in [4.78, 5) is 15.6. The molecule has 1 N–H and O–H groups in total. The Bertz CT molecular complexity index is 915. The summed E-state index contributed by atoms with van der Waals surface area (Å²) in [6.07, 6.45) is 4.92. The van der Waals surface area contributed by atoms with E-state index in [2.05, 4.69) is 10.3 Å². The summed E-state index contributed by atoms with van der Waals surface area (Å²) in [6.45, 7) is 0.407. The predicted octanol–water partition coefficient (Wildman–Crippen LogP) is 1.94. The number of nitrogens with zero attached hydrogens (tertiary/aromatic N) is 2. The smallest absolute Gasteiger partial charge is 0.262 e. The number of aromatic nitrogens is 1. The highest BCUT2D eigenvalue weighted by atomic mass is 32.2. The molecular formula is C17H17N3O4S. The van der Waals surface area contributed by atoms with Crippen LogP contribution in [0.4, 0.5) is 5.69 Å². The van der Waals surface area contributed by atoms with Crippen LogP contribution in [0.25, 0.3) is 0 Å². The third-order valence-electron chi connectivity index (χ3n) is 4.49. The number of fused-ring (bicyclic) bond motifs is 1. The van der Waals surface area contributed by atoms with Crippen molar-refractivity contribution in [1.29, 1.82) is 0 Å². The van der Waals surface area contributed by atoms with E-state index >= 15 is 0 Å². The van der Waals surface area contributed by atoms with E-state index in [0.29, 0.717) is 18.0 Å². The van der Waals surface area contributed by atoms with Gasteiger partial charge >= 0.3 is 0 Å². The Morgan fingerprint density at radius 3 is 2.80 bits per heavy atom. The number of pyridine rings is 1. The third kappa shape index (κ3) is 2.87. The number of sulfonamides is 1. The highest BCUT2D eigenvalue weighted by Gasteiger charge is 2.36. The van der Waals surface area contributed by atoms with Crippen molar-refractivity contribution in [3.05, 3.63) is 48.3 Å². The van der Waals surface area contributed by atoms with Crippen LogP contribution in [0.2, 0.25) is 0 Å². The normalized spacial score (nSPS) is 20.6. The highest BCUT2D eigenvalue weighted by Crippen LogP contribution is 2.38. The van der Waals surface area contributed by atoms with Crippen LogP contribution in [0.1, 0.15) is 24.4 Å². The van der Waals surface area contributed by atoms with Gasteiger partial charge in [-0.1, -0.05) is 0 Å². The van der Waals surface area contributed by atoms with Crippen LogP contribution >= 0.6 is 0 Å². The van der Waals surface area contributed by atoms with Gasteiger partial charge in [0, 0.05) is 18.9 Å². The molecule has 1 aromatic heterocycles. The number of carbonyl (C=O) groups is 1. The maximum Gasteiger partial charge on any atom is 0.262 e. The van der Waals surface area contributed by atoms with Crippen LogP contribution in [0.3, 0.4) is 0 Å². The van der Waals surface area contributed by atoms with Crippen molar-refractivity contribution in [3.8, 4) is 5.75 Å². The third-order valence-corrected chi connectivity index (χ3v) is 6.39. The monoisotopic (exact) mass is 359 g/mol. The minimum atomic E-state index is -3.68. The Morgan fingerprint density at radius 1 is 1.20 bits per heavy atom. The number of anilines is 1. The van der Waals surface area contributed by atoms with Gasteiger partial charge in [0.1, 0.15) is 5.75 Å². The van der Waals surface area contributed by atoms with E-state index in [0.717, 1.165) is 18.4 Å². The zero-order valence-electron chi connectivity index (χ0n) is 13.4. The van der Waals surface area contributed by atoms with Gasteiger partial charge in [-0.15, -0.1) is 0 Å². The Kier molecular flexibility index (Phi) is 3.93. The lowest BCUT2D eigenvalue weighted by atomic mass is 10.1. The molecule has 0 radical (unpaired) electrons. The van der Waals surface area contributed by atoms with Gasteiger partial charge in [0.05, 0.1) is 16.6 Å². The van der Waals surface area contributed by atoms with E-state index in [4.69, 9.17) is 4.74 Å². The van der Waals surface area contributed by atoms with Gasteiger partial charge in [0.25, 0.3) is 5.91 Å². The molecule has 0 bridgehead atoms. The fourth-order valence-corrected chi connectivity index (χ4v) is 5.01. The number of amides is 1. The minimum Gasteiger partial charge on any atom is -0.482 e. The summed E-state index contributed by atoms with van der Waals surface area (Å²) in [5, 5.41) is 2.65. The first-order valence-corrected chi connectivity index (χ1v) is 9.48. The van der Waals surface area contributed by atoms with E-state index in [-0.39, 0.29) is 23.5 Å². The Hall–Kier alpha value is -2.45. The van der Waals surface area contributed by atoms with Gasteiger partial charge in [0.2, 0.25) is 10.0 Å². The standard InChI is InChI=1S/C17H17N3O4S/c21-17-11-24-16-4-3-13(10-14(16)19-17)25(22,23)20-9-1-2-15(20)12-5-7-18-8-6-12/h3-8,10,15H,1-2,9,11H2,(H,19,21). The van der Waals surface area contributed by atoms with E-state index in [1.54, 1.807) is 18.5 Å². The van der Waals surface area contributed by atoms with Gasteiger partial charge in [0.15, 0.2) is 6.61 Å². The molecule has 4 rings (SSSR count). The van der Waals surface area contributed by atoms with Gasteiger partial charge < -0.3 is 10.1 Å². The molecule has 1 amide bonds. The molecule has 2 aliphatic heterocycles. The second-order valence-corrected chi connectivity index (χ2v) is 7.94. The average Bonchev–Trinajstić information content (AvgIpc) is 3.12. The minimum absolute atomic E-state index is 0.0602. The zero-order chi connectivity index (χ0) is 17.4. The van der Waals surface area contributed by atoms with Crippen molar-refractivity contribution in [2.75, 3.05) is 18.5 Å². The molecule has 2 aliphatic rings. The molecule has 0 saturated carbocycles. The summed E-state index contributed by atoms with van der Waals surface area (Å²) in [6, 6.07) is 8.06. The van der Waals surface area contributed by atoms with Crippen LogP contribution in [0, 0.1) is 0 Å². The van der Waals surface area contributed by atoms with Crippen LogP contribution in [0.5, 0.6) is 5.75 Å². The van der Waals surface area contributed by atoms with Crippen LogP contribution < -0.4 is 10.1 Å². The number of nitrogens with one attached hydrogen (secondary N) is 1. The first kappa shape index (κ1) is 16.0. The molecule has 130 valence electrons. The van der Waals surface area contributed by atoms with Crippen molar-refractivity contribution in [3.63, 3.8) is 0 Å². The number of hydrogen-bond donors (Lipinski definition) is 1. The van der Waals surface area contributed by atoms with E-state index in [1.165, 1.54) is 16.4 Å². The molecule has 8 heteroatoms. The van der Waals surface area contributed by atoms with E-state index < -0.39 is 10.0 Å². The maximum absolute atomic E-state index is 13.1. The largest absolute Gasteiger partial charge is 0.482 e. The number of ether oxygens (including phenoxy) is 1. The highest BCUT2D eigenvalue weighted by molar-refractivity contribution is 7.89. The quantitative estimate of drug-likeness (QED) is 0.905. The van der Waals surface area contributed by atoms with Crippen LogP contribution in [-0.4, -0.2) is 36.8 Å². The van der Waals surface area contributed by atoms with Gasteiger partial charge in [-0.3, -0.25) is 9.78 Å². The van der Waals surface area contributed by atoms with E-state index in [9.17, 15) is 13.2 Å². The van der Waals surface area contributed by atoms with Gasteiger partial charge in [-0.25, -0.2) is 8.42 Å². The first-order valence-electron chi connectivity index (χ1n) is 8.04. The predicted molar refractivity (Wildman–Crippen MR) is 90.7 cm³/mol. The molecule has 25 heavy (non-hydrogen) atoms. The molecule has 0 spiro atoms. The number of carbonyl (C=O) groups excluding carboxylic acids is 1. The van der Waals surface area contributed by atoms with Crippen LogP contribution in [0.15, 0.2) is 47.6 Å². The topological polar surface area (TPSA) is 88.6 Å². The van der Waals surface area contributed by atoms with Crippen molar-refractivity contribution in [2.24, 2.45) is 0 Å². The van der Waals surface area contributed by atoms with Gasteiger partial charge in [-0.2, -0.15) is 4.31 Å². The summed E-state index contributed by atoms with van der Waals surface area (Å²) < 4.78 is 33.1. The second-order valence-electron chi connectivity index (χ2n) is 6.05. The molecule has 0 aliphatic carbocycles. The molecule has 1 saturated heterocycles. The summed E-state index contributed by atoms with van der Waals surface area (Å²) >= 11 is 0. The number of hydrogen-bond acceptors (Lipinski definition) is 5. The second kappa shape index (κ2) is 6.12. The first-order chi connectivity index (χ1) is 12.1. The van der Waals surface area contributed by atoms with Crippen molar-refractivity contribution in [1.82, 2.24) is 9.29 Å². The molecule has 3 heterocycles. The maximum atomic E-state index is 13.1. The number of rotatable bonds is 3. The Balaban J connectivity index is 1.69. The van der Waals surface area contributed by atoms with Crippen molar-refractivity contribution < 1.29 is 17.9 Å². The molecular weight excluding hydrogens is 342 g/mol. The lowest BCUT2D eigenvalue weighted by Gasteiger charge is -2.25. The van der Waals surface area contributed by atoms with E-state index in [1.807, 2.05) is 12.1 Å². The SMILES string of the molecule is O=C1COc2ccc(S(=O)(=O)N3CCCC3c3ccncc3)cc2N1. The van der Waals surface area contributed by atoms with Crippen molar-refractivity contribution in [2.45, 2.75) is 23.8 Å². The molecule has 1 fully saturated rings. The fraction of sp³-hybridized carbons (Fsp3) is 0.294. The molecule has 1 atom stereocenters. The molecule has 1 aromatic carbocycles. The van der Waals surface area contributed by atoms with Crippen LogP contribution in [-0.2, 0) is 14.8 Å². The Labute approximate surface area is 145 Å². The van der Waals surface area contributed by atoms with Gasteiger partial charge in [-0.05, 0) is 48.7 Å². The lowest BCUT2D eigenvalue weighted by molar-refractivity contribution is -0.118. The fourth-order valence-electron chi connectivity index (χ4n) is 3.30. The number of benzene rings is 1. The zero-order valence-corrected chi connectivity index (χ0v) is 14.2. The van der Waals surface area contributed by atoms with Crippen molar-refractivity contribution >= 4 is 21.6 Å². The summed E-state index contributed by atoms with van der Waals surface area (Å²) in [7, 11) is -3.68. The Morgan fingerprint density at radius 2 is 2.00 bits per heavy atom.